The molecule has 0 aliphatic heterocycles. The van der Waals surface area contributed by atoms with Gasteiger partial charge in [-0.05, 0) is 38.5 Å². The monoisotopic (exact) mass is 416 g/mol. The van der Waals surface area contributed by atoms with E-state index in [4.69, 9.17) is 18.9 Å². The normalized spacial score (nSPS) is 11.8. The standard InChI is InChI=1S/C21H44O4Si2/c1-5-13-22-20(23-14-6-2)11-9-17-26-19-27-18-10-12-21(24-15-7-3)25-16-8-4/h20-21H,5-19H2,1-4H3. The summed E-state index contributed by atoms with van der Waals surface area (Å²) in [6, 6.07) is 2.63. The number of hydrogen-bond acceptors (Lipinski definition) is 4. The van der Waals surface area contributed by atoms with E-state index in [9.17, 15) is 0 Å². The van der Waals surface area contributed by atoms with Gasteiger partial charge in [0.05, 0.1) is 0 Å². The zero-order valence-electron chi connectivity index (χ0n) is 18.4. The largest absolute Gasteiger partial charge is 0.353 e. The van der Waals surface area contributed by atoms with Crippen LogP contribution in [0.15, 0.2) is 0 Å². The maximum atomic E-state index is 5.79. The summed E-state index contributed by atoms with van der Waals surface area (Å²) in [5.41, 5.74) is 1.38. The Balaban J connectivity index is 3.59. The Bertz CT molecular complexity index is 241. The van der Waals surface area contributed by atoms with Crippen LogP contribution in [-0.2, 0) is 18.9 Å². The van der Waals surface area contributed by atoms with E-state index in [1.165, 1.54) is 30.6 Å². The summed E-state index contributed by atoms with van der Waals surface area (Å²) in [4.78, 5) is 0. The van der Waals surface area contributed by atoms with Crippen molar-refractivity contribution >= 4 is 19.0 Å². The molecule has 0 bridgehead atoms. The van der Waals surface area contributed by atoms with Gasteiger partial charge in [-0.25, -0.2) is 0 Å². The molecule has 0 spiro atoms. The lowest BCUT2D eigenvalue weighted by Crippen LogP contribution is -2.19. The Hall–Kier alpha value is 0.274. The molecule has 0 saturated heterocycles. The molecule has 0 aliphatic carbocycles. The van der Waals surface area contributed by atoms with Crippen molar-refractivity contribution in [2.24, 2.45) is 0 Å². The van der Waals surface area contributed by atoms with Gasteiger partial charge in [-0.2, -0.15) is 0 Å². The van der Waals surface area contributed by atoms with Crippen molar-refractivity contribution in [1.29, 1.82) is 0 Å². The van der Waals surface area contributed by atoms with Crippen molar-refractivity contribution in [1.82, 2.24) is 0 Å². The fraction of sp³-hybridized carbons (Fsp3) is 1.00. The number of hydrogen-bond donors (Lipinski definition) is 0. The third kappa shape index (κ3) is 19.4. The van der Waals surface area contributed by atoms with E-state index >= 15 is 0 Å². The van der Waals surface area contributed by atoms with Gasteiger partial charge in [-0.15, -0.1) is 0 Å². The number of rotatable bonds is 22. The van der Waals surface area contributed by atoms with Gasteiger partial charge < -0.3 is 18.9 Å². The van der Waals surface area contributed by atoms with Crippen LogP contribution in [0.5, 0.6) is 0 Å². The quantitative estimate of drug-likeness (QED) is 0.132. The molecule has 0 aliphatic rings. The second-order valence-corrected chi connectivity index (χ2v) is 10.2. The van der Waals surface area contributed by atoms with E-state index in [2.05, 4.69) is 27.7 Å². The molecule has 27 heavy (non-hydrogen) atoms. The molecule has 0 saturated carbocycles. The summed E-state index contributed by atoms with van der Waals surface area (Å²) in [6.45, 7) is 11.8. The van der Waals surface area contributed by atoms with Crippen LogP contribution in [0.25, 0.3) is 0 Å². The molecule has 0 amide bonds. The van der Waals surface area contributed by atoms with E-state index in [0.717, 1.165) is 84.0 Å². The molecule has 0 aromatic heterocycles. The van der Waals surface area contributed by atoms with E-state index in [-0.39, 0.29) is 12.6 Å². The minimum absolute atomic E-state index is 0.0142. The highest BCUT2D eigenvalue weighted by Gasteiger charge is 2.09. The molecule has 0 N–H and O–H groups in total. The third-order valence-electron chi connectivity index (χ3n) is 3.87. The summed E-state index contributed by atoms with van der Waals surface area (Å²) in [7, 11) is 2.16. The van der Waals surface area contributed by atoms with Gasteiger partial charge in [0, 0.05) is 45.5 Å². The average Bonchev–Trinajstić information content (AvgIpc) is 2.69. The van der Waals surface area contributed by atoms with E-state index in [1.807, 2.05) is 0 Å². The van der Waals surface area contributed by atoms with Crippen molar-refractivity contribution < 1.29 is 18.9 Å². The third-order valence-corrected chi connectivity index (χ3v) is 7.28. The summed E-state index contributed by atoms with van der Waals surface area (Å²) in [6.07, 6.45) is 8.79. The van der Waals surface area contributed by atoms with Gasteiger partial charge in [0.2, 0.25) is 0 Å². The van der Waals surface area contributed by atoms with Crippen LogP contribution in [0.4, 0.5) is 0 Å². The molecule has 0 atom stereocenters. The lowest BCUT2D eigenvalue weighted by molar-refractivity contribution is -0.146. The Morgan fingerprint density at radius 3 is 1.19 bits per heavy atom. The Morgan fingerprint density at radius 1 is 0.556 bits per heavy atom. The second-order valence-electron chi connectivity index (χ2n) is 6.80. The summed E-state index contributed by atoms with van der Waals surface area (Å²) in [5.74, 6) is 0. The average molecular weight is 417 g/mol. The van der Waals surface area contributed by atoms with Crippen molar-refractivity contribution in [3.63, 3.8) is 0 Å². The predicted molar refractivity (Wildman–Crippen MR) is 117 cm³/mol. The second kappa shape index (κ2) is 22.6. The molecule has 0 unspecified atom stereocenters. The molecule has 6 heteroatoms. The van der Waals surface area contributed by atoms with Gasteiger partial charge in [0.15, 0.2) is 12.6 Å². The Kier molecular flexibility index (Phi) is 22.8. The molecule has 160 valence electrons. The van der Waals surface area contributed by atoms with E-state index in [1.54, 1.807) is 0 Å². The Morgan fingerprint density at radius 2 is 0.889 bits per heavy atom. The molecule has 0 fully saturated rings. The molecule has 4 radical (unpaired) electrons. The summed E-state index contributed by atoms with van der Waals surface area (Å²) < 4.78 is 23.2. The molecular formula is C21H44O4Si2. The van der Waals surface area contributed by atoms with Crippen LogP contribution in [0, 0.1) is 0 Å². The van der Waals surface area contributed by atoms with E-state index in [0.29, 0.717) is 0 Å². The van der Waals surface area contributed by atoms with Gasteiger partial charge in [0.1, 0.15) is 0 Å². The first kappa shape index (κ1) is 27.3. The van der Waals surface area contributed by atoms with Crippen molar-refractivity contribution in [2.75, 3.05) is 26.4 Å². The first-order chi connectivity index (χ1) is 13.3. The molecule has 0 heterocycles. The van der Waals surface area contributed by atoms with Crippen molar-refractivity contribution in [3.05, 3.63) is 0 Å². The highest BCUT2D eigenvalue weighted by molar-refractivity contribution is 6.55. The van der Waals surface area contributed by atoms with Crippen molar-refractivity contribution in [2.45, 2.75) is 109 Å². The zero-order chi connectivity index (χ0) is 20.0. The molecule has 0 aromatic rings. The van der Waals surface area contributed by atoms with Gasteiger partial charge in [-0.3, -0.25) is 0 Å². The van der Waals surface area contributed by atoms with E-state index < -0.39 is 0 Å². The van der Waals surface area contributed by atoms with Gasteiger partial charge in [-0.1, -0.05) is 58.3 Å². The summed E-state index contributed by atoms with van der Waals surface area (Å²) >= 11 is 0. The first-order valence-electron chi connectivity index (χ1n) is 11.2. The highest BCUT2D eigenvalue weighted by atomic mass is 28.3. The highest BCUT2D eigenvalue weighted by Crippen LogP contribution is 2.11. The fourth-order valence-corrected chi connectivity index (χ4v) is 5.51. The van der Waals surface area contributed by atoms with Gasteiger partial charge in [0.25, 0.3) is 0 Å². The van der Waals surface area contributed by atoms with Crippen LogP contribution in [0.2, 0.25) is 17.8 Å². The minimum Gasteiger partial charge on any atom is -0.353 e. The lowest BCUT2D eigenvalue weighted by atomic mass is 10.3. The first-order valence-corrected chi connectivity index (χ1v) is 14.0. The predicted octanol–water partition coefficient (Wildman–Crippen LogP) is 5.53. The van der Waals surface area contributed by atoms with Crippen LogP contribution in [0.3, 0.4) is 0 Å². The SMILES string of the molecule is CCCOC(CCC[Si]C[Si]CCCC(OCCC)OCCC)OCCC. The molecule has 4 nitrogen and oxygen atoms in total. The van der Waals surface area contributed by atoms with Crippen LogP contribution < -0.4 is 0 Å². The van der Waals surface area contributed by atoms with Crippen LogP contribution in [0.1, 0.15) is 79.1 Å². The fourth-order valence-electron chi connectivity index (χ4n) is 2.48. The zero-order valence-corrected chi connectivity index (χ0v) is 20.4. The topological polar surface area (TPSA) is 36.9 Å². The smallest absolute Gasteiger partial charge is 0.157 e. The lowest BCUT2D eigenvalue weighted by Gasteiger charge is -2.18. The summed E-state index contributed by atoms with van der Waals surface area (Å²) in [5, 5.41) is 0. The molecule has 0 rings (SSSR count). The van der Waals surface area contributed by atoms with Gasteiger partial charge >= 0.3 is 0 Å². The Labute approximate surface area is 174 Å². The van der Waals surface area contributed by atoms with Crippen LogP contribution in [-0.4, -0.2) is 58.0 Å². The van der Waals surface area contributed by atoms with Crippen molar-refractivity contribution in [3.8, 4) is 0 Å². The molecular weight excluding hydrogens is 372 g/mol. The molecule has 0 aromatic carbocycles. The van der Waals surface area contributed by atoms with Crippen LogP contribution >= 0.6 is 0 Å². The number of ether oxygens (including phenoxy) is 4. The minimum atomic E-state index is 0.0142. The maximum Gasteiger partial charge on any atom is 0.157 e. The maximum absolute atomic E-state index is 5.79.